The molecule has 5 aromatic carbocycles. The monoisotopic (exact) mass is 626 g/mol. The van der Waals surface area contributed by atoms with Gasteiger partial charge in [-0.2, -0.15) is 0 Å². The van der Waals surface area contributed by atoms with Crippen molar-refractivity contribution < 1.29 is 0 Å². The Hall–Kier alpha value is -6.65. The quantitative estimate of drug-likeness (QED) is 0.184. The number of benzene rings is 5. The Morgan fingerprint density at radius 3 is 1.43 bits per heavy atom. The number of hydrogen-bond acceptors (Lipinski definition) is 3. The van der Waals surface area contributed by atoms with Gasteiger partial charge in [-0.25, -0.2) is 0 Å². The van der Waals surface area contributed by atoms with Crippen molar-refractivity contribution in [3.63, 3.8) is 0 Å². The molecular formula is C45H30N4. The van der Waals surface area contributed by atoms with Gasteiger partial charge in [0.1, 0.15) is 0 Å². The molecule has 0 saturated heterocycles. The molecule has 9 rings (SSSR count). The summed E-state index contributed by atoms with van der Waals surface area (Å²) in [4.78, 5) is 13.7. The van der Waals surface area contributed by atoms with Crippen LogP contribution >= 0.6 is 0 Å². The summed E-state index contributed by atoms with van der Waals surface area (Å²) >= 11 is 0. The highest BCUT2D eigenvalue weighted by atomic mass is 15.0. The smallest absolute Gasteiger partial charge is 0.0702 e. The van der Waals surface area contributed by atoms with E-state index >= 15 is 0 Å². The number of para-hydroxylation sites is 1. The van der Waals surface area contributed by atoms with E-state index in [1.54, 1.807) is 0 Å². The van der Waals surface area contributed by atoms with Crippen LogP contribution in [-0.4, -0.2) is 19.5 Å². The first-order valence-electron chi connectivity index (χ1n) is 16.4. The summed E-state index contributed by atoms with van der Waals surface area (Å²) in [5, 5.41) is 2.40. The average Bonchev–Trinajstić information content (AvgIpc) is 3.52. The van der Waals surface area contributed by atoms with Crippen molar-refractivity contribution in [1.82, 2.24) is 19.5 Å². The van der Waals surface area contributed by atoms with E-state index in [2.05, 4.69) is 135 Å². The lowest BCUT2D eigenvalue weighted by molar-refractivity contribution is 1.18. The van der Waals surface area contributed by atoms with E-state index in [-0.39, 0.29) is 0 Å². The summed E-state index contributed by atoms with van der Waals surface area (Å²) in [6, 6.07) is 57.7. The van der Waals surface area contributed by atoms with Crippen LogP contribution in [0, 0.1) is 0 Å². The Morgan fingerprint density at radius 1 is 0.327 bits per heavy atom. The Bertz CT molecular complexity index is 2560. The van der Waals surface area contributed by atoms with Gasteiger partial charge in [0.2, 0.25) is 0 Å². The van der Waals surface area contributed by atoms with Gasteiger partial charge < -0.3 is 4.57 Å². The first-order valence-corrected chi connectivity index (χ1v) is 16.4. The topological polar surface area (TPSA) is 43.6 Å². The normalized spacial score (nSPS) is 11.3. The van der Waals surface area contributed by atoms with Gasteiger partial charge in [0, 0.05) is 51.6 Å². The first-order chi connectivity index (χ1) is 24.3. The van der Waals surface area contributed by atoms with Crippen LogP contribution in [0.4, 0.5) is 0 Å². The maximum Gasteiger partial charge on any atom is 0.0702 e. The van der Waals surface area contributed by atoms with Gasteiger partial charge in [-0.1, -0.05) is 103 Å². The summed E-state index contributed by atoms with van der Waals surface area (Å²) < 4.78 is 2.42. The molecule has 0 amide bonds. The van der Waals surface area contributed by atoms with Gasteiger partial charge in [0.15, 0.2) is 0 Å². The summed E-state index contributed by atoms with van der Waals surface area (Å²) in [6.45, 7) is 0. The fourth-order valence-electron chi connectivity index (χ4n) is 6.79. The molecule has 0 aliphatic rings. The molecule has 0 aliphatic heterocycles. The lowest BCUT2D eigenvalue weighted by Gasteiger charge is -2.17. The summed E-state index contributed by atoms with van der Waals surface area (Å²) in [5.41, 5.74) is 14.2. The molecular weight excluding hydrogens is 597 g/mol. The molecule has 0 atom stereocenters. The molecule has 0 bridgehead atoms. The van der Waals surface area contributed by atoms with Crippen molar-refractivity contribution in [2.45, 2.75) is 0 Å². The van der Waals surface area contributed by atoms with Crippen LogP contribution in [0.5, 0.6) is 0 Å². The lowest BCUT2D eigenvalue weighted by Crippen LogP contribution is -1.98. The van der Waals surface area contributed by atoms with E-state index in [1.807, 2.05) is 67.1 Å². The Balaban J connectivity index is 1.24. The van der Waals surface area contributed by atoms with Crippen LogP contribution < -0.4 is 0 Å². The first kappa shape index (κ1) is 28.6. The third kappa shape index (κ3) is 5.26. The molecule has 49 heavy (non-hydrogen) atoms. The van der Waals surface area contributed by atoms with Crippen molar-refractivity contribution in [1.29, 1.82) is 0 Å². The minimum Gasteiger partial charge on any atom is -0.309 e. The lowest BCUT2D eigenvalue weighted by atomic mass is 9.96. The molecule has 0 aliphatic carbocycles. The van der Waals surface area contributed by atoms with Crippen LogP contribution in [0.2, 0.25) is 0 Å². The highest BCUT2D eigenvalue weighted by Crippen LogP contribution is 2.40. The number of hydrogen-bond donors (Lipinski definition) is 0. The fourth-order valence-corrected chi connectivity index (χ4v) is 6.79. The second kappa shape index (κ2) is 12.2. The number of aromatic nitrogens is 4. The van der Waals surface area contributed by atoms with Crippen molar-refractivity contribution in [3.8, 4) is 61.7 Å². The predicted octanol–water partition coefficient (Wildman–Crippen LogP) is 11.3. The Morgan fingerprint density at radius 2 is 0.816 bits per heavy atom. The fraction of sp³-hybridized carbons (Fsp3) is 0. The largest absolute Gasteiger partial charge is 0.309 e. The van der Waals surface area contributed by atoms with E-state index in [4.69, 9.17) is 0 Å². The van der Waals surface area contributed by atoms with Crippen LogP contribution in [-0.2, 0) is 0 Å². The molecule has 4 heterocycles. The van der Waals surface area contributed by atoms with Gasteiger partial charge in [-0.15, -0.1) is 0 Å². The zero-order valence-corrected chi connectivity index (χ0v) is 26.6. The van der Waals surface area contributed by atoms with Gasteiger partial charge in [-0.05, 0) is 77.4 Å². The second-order valence-electron chi connectivity index (χ2n) is 12.1. The predicted molar refractivity (Wildman–Crippen MR) is 201 cm³/mol. The van der Waals surface area contributed by atoms with Crippen molar-refractivity contribution in [3.05, 3.63) is 182 Å². The zero-order valence-electron chi connectivity index (χ0n) is 26.6. The molecule has 0 N–H and O–H groups in total. The van der Waals surface area contributed by atoms with Crippen LogP contribution in [0.15, 0.2) is 182 Å². The molecule has 4 nitrogen and oxygen atoms in total. The molecule has 0 saturated carbocycles. The van der Waals surface area contributed by atoms with E-state index in [9.17, 15) is 0 Å². The highest BCUT2D eigenvalue weighted by Gasteiger charge is 2.18. The molecule has 4 aromatic heterocycles. The number of fused-ring (bicyclic) bond motifs is 3. The van der Waals surface area contributed by atoms with Crippen molar-refractivity contribution in [2.75, 3.05) is 0 Å². The minimum atomic E-state index is 0.963. The maximum absolute atomic E-state index is 4.64. The van der Waals surface area contributed by atoms with Crippen molar-refractivity contribution in [2.24, 2.45) is 0 Å². The molecule has 4 heteroatoms. The molecule has 0 radical (unpaired) electrons. The molecule has 230 valence electrons. The van der Waals surface area contributed by atoms with E-state index in [0.29, 0.717) is 0 Å². The molecule has 0 unspecified atom stereocenters. The van der Waals surface area contributed by atoms with Crippen LogP contribution in [0.3, 0.4) is 0 Å². The number of rotatable bonds is 6. The average molecular weight is 627 g/mol. The SMILES string of the molecule is c1ccc(-c2ccc(-c3ccc(-c4ccc(-c5ccccn5)cc4)c(-n4c5ccccc5c5cc(-c6ccccn6)ccc54)c3)cc2)nc1. The van der Waals surface area contributed by atoms with E-state index in [1.165, 1.54) is 10.8 Å². The second-order valence-corrected chi connectivity index (χ2v) is 12.1. The maximum atomic E-state index is 4.64. The molecule has 9 aromatic rings. The Kier molecular flexibility index (Phi) is 7.10. The van der Waals surface area contributed by atoms with Gasteiger partial charge in [0.25, 0.3) is 0 Å². The van der Waals surface area contributed by atoms with Crippen LogP contribution in [0.1, 0.15) is 0 Å². The van der Waals surface area contributed by atoms with E-state index in [0.717, 1.165) is 72.7 Å². The third-order valence-corrected chi connectivity index (χ3v) is 9.21. The van der Waals surface area contributed by atoms with Gasteiger partial charge >= 0.3 is 0 Å². The summed E-state index contributed by atoms with van der Waals surface area (Å²) in [5.74, 6) is 0. The zero-order chi connectivity index (χ0) is 32.6. The van der Waals surface area contributed by atoms with Crippen molar-refractivity contribution >= 4 is 21.8 Å². The number of pyridine rings is 3. The molecule has 0 fully saturated rings. The minimum absolute atomic E-state index is 0.963. The van der Waals surface area contributed by atoms with E-state index < -0.39 is 0 Å². The van der Waals surface area contributed by atoms with Gasteiger partial charge in [-0.3, -0.25) is 15.0 Å². The summed E-state index contributed by atoms with van der Waals surface area (Å²) in [6.07, 6.45) is 5.52. The Labute approximate surface area is 284 Å². The summed E-state index contributed by atoms with van der Waals surface area (Å²) in [7, 11) is 0. The third-order valence-electron chi connectivity index (χ3n) is 9.21. The van der Waals surface area contributed by atoms with Gasteiger partial charge in [0.05, 0.1) is 33.8 Å². The highest BCUT2D eigenvalue weighted by molar-refractivity contribution is 6.11. The van der Waals surface area contributed by atoms with Crippen LogP contribution in [0.25, 0.3) is 83.5 Å². The standard InChI is InChI=1S/C45H30N4/c1-2-13-43-38(9-1)39-29-36(42-12-5-8-28-48-42)23-25-44(39)49(43)45-30-35(31-14-18-33(19-15-31)40-10-3-6-26-46-40)22-24-37(45)32-16-20-34(21-17-32)41-11-4-7-27-47-41/h1-30H. The molecule has 0 spiro atoms. The number of nitrogens with zero attached hydrogens (tertiary/aromatic N) is 4.